The van der Waals surface area contributed by atoms with E-state index in [0.29, 0.717) is 12.1 Å². The summed E-state index contributed by atoms with van der Waals surface area (Å²) in [4.78, 5) is 14.8. The molecule has 1 amide bonds. The van der Waals surface area contributed by atoms with Crippen molar-refractivity contribution in [2.24, 2.45) is 0 Å². The van der Waals surface area contributed by atoms with Gasteiger partial charge in [-0.1, -0.05) is 31.4 Å². The van der Waals surface area contributed by atoms with E-state index in [1.807, 2.05) is 36.1 Å². The third kappa shape index (κ3) is 3.97. The lowest BCUT2D eigenvalue weighted by Crippen LogP contribution is -2.43. The maximum atomic E-state index is 12.9. The highest BCUT2D eigenvalue weighted by atomic mass is 16.3. The van der Waals surface area contributed by atoms with E-state index in [4.69, 9.17) is 0 Å². The first-order chi connectivity index (χ1) is 10.3. The maximum absolute atomic E-state index is 12.9. The SMILES string of the molecule is CCNc1ccccc1C(=O)N(CCO)C1CCCCC1. The summed E-state index contributed by atoms with van der Waals surface area (Å²) in [5.41, 5.74) is 1.59. The van der Waals surface area contributed by atoms with Crippen LogP contribution in [0.3, 0.4) is 0 Å². The first-order valence-corrected chi connectivity index (χ1v) is 8.02. The molecule has 0 bridgehead atoms. The molecule has 0 heterocycles. The molecule has 1 aromatic carbocycles. The molecule has 2 rings (SSSR count). The molecule has 4 nitrogen and oxygen atoms in total. The van der Waals surface area contributed by atoms with Gasteiger partial charge in [0.15, 0.2) is 0 Å². The fourth-order valence-corrected chi connectivity index (χ4v) is 3.12. The van der Waals surface area contributed by atoms with Crippen molar-refractivity contribution in [2.75, 3.05) is 25.0 Å². The second-order valence-electron chi connectivity index (χ2n) is 5.59. The van der Waals surface area contributed by atoms with Gasteiger partial charge in [-0.3, -0.25) is 4.79 Å². The van der Waals surface area contributed by atoms with Gasteiger partial charge in [-0.2, -0.15) is 0 Å². The Morgan fingerprint density at radius 1 is 1.29 bits per heavy atom. The topological polar surface area (TPSA) is 52.6 Å². The standard InChI is InChI=1S/C17H26N2O2/c1-2-18-16-11-7-6-10-15(16)17(21)19(12-13-20)14-8-4-3-5-9-14/h6-7,10-11,14,18,20H,2-5,8-9,12-13H2,1H3. The van der Waals surface area contributed by atoms with Gasteiger partial charge in [-0.15, -0.1) is 0 Å². The smallest absolute Gasteiger partial charge is 0.256 e. The largest absolute Gasteiger partial charge is 0.395 e. The summed E-state index contributed by atoms with van der Waals surface area (Å²) in [6, 6.07) is 7.91. The molecule has 21 heavy (non-hydrogen) atoms. The third-order valence-corrected chi connectivity index (χ3v) is 4.14. The molecule has 4 heteroatoms. The van der Waals surface area contributed by atoms with Gasteiger partial charge in [-0.05, 0) is 31.9 Å². The molecular weight excluding hydrogens is 264 g/mol. The summed E-state index contributed by atoms with van der Waals surface area (Å²) in [7, 11) is 0. The van der Waals surface area contributed by atoms with Gasteiger partial charge < -0.3 is 15.3 Å². The highest BCUT2D eigenvalue weighted by molar-refractivity contribution is 5.99. The molecule has 0 spiro atoms. The molecule has 1 aliphatic rings. The van der Waals surface area contributed by atoms with Crippen molar-refractivity contribution < 1.29 is 9.90 Å². The van der Waals surface area contributed by atoms with Crippen LogP contribution in [0.4, 0.5) is 5.69 Å². The highest BCUT2D eigenvalue weighted by Crippen LogP contribution is 2.25. The van der Waals surface area contributed by atoms with Crippen LogP contribution < -0.4 is 5.32 Å². The van der Waals surface area contributed by atoms with E-state index in [1.165, 1.54) is 19.3 Å². The van der Waals surface area contributed by atoms with Crippen molar-refractivity contribution in [3.63, 3.8) is 0 Å². The zero-order valence-electron chi connectivity index (χ0n) is 12.8. The van der Waals surface area contributed by atoms with Gasteiger partial charge in [0.25, 0.3) is 5.91 Å². The number of hydrogen-bond acceptors (Lipinski definition) is 3. The van der Waals surface area contributed by atoms with Crippen molar-refractivity contribution in [3.8, 4) is 0 Å². The van der Waals surface area contributed by atoms with E-state index in [9.17, 15) is 9.90 Å². The molecule has 2 N–H and O–H groups in total. The minimum absolute atomic E-state index is 0.0195. The quantitative estimate of drug-likeness (QED) is 0.847. The van der Waals surface area contributed by atoms with E-state index in [2.05, 4.69) is 5.32 Å². The number of nitrogens with one attached hydrogen (secondary N) is 1. The van der Waals surface area contributed by atoms with E-state index in [1.54, 1.807) is 0 Å². The monoisotopic (exact) mass is 290 g/mol. The lowest BCUT2D eigenvalue weighted by atomic mass is 9.93. The van der Waals surface area contributed by atoms with Crippen LogP contribution in [0.15, 0.2) is 24.3 Å². The van der Waals surface area contributed by atoms with Crippen LogP contribution in [-0.4, -0.2) is 41.7 Å². The average molecular weight is 290 g/mol. The number of aliphatic hydroxyl groups is 1. The normalized spacial score (nSPS) is 15.7. The summed E-state index contributed by atoms with van der Waals surface area (Å²) < 4.78 is 0. The molecule has 116 valence electrons. The van der Waals surface area contributed by atoms with Gasteiger partial charge in [0.2, 0.25) is 0 Å². The first-order valence-electron chi connectivity index (χ1n) is 8.02. The van der Waals surface area contributed by atoms with Crippen LogP contribution in [0.1, 0.15) is 49.4 Å². The van der Waals surface area contributed by atoms with E-state index in [0.717, 1.165) is 25.1 Å². The molecule has 0 saturated heterocycles. The van der Waals surface area contributed by atoms with Gasteiger partial charge in [0.1, 0.15) is 0 Å². The second-order valence-corrected chi connectivity index (χ2v) is 5.59. The third-order valence-electron chi connectivity index (χ3n) is 4.14. The fourth-order valence-electron chi connectivity index (χ4n) is 3.12. The molecule has 1 aromatic rings. The molecule has 0 aromatic heterocycles. The summed E-state index contributed by atoms with van der Waals surface area (Å²) in [5.74, 6) is 0.0347. The highest BCUT2D eigenvalue weighted by Gasteiger charge is 2.26. The number of amides is 1. The van der Waals surface area contributed by atoms with Gasteiger partial charge in [0, 0.05) is 24.8 Å². The summed E-state index contributed by atoms with van der Waals surface area (Å²) in [6.45, 7) is 3.25. The van der Waals surface area contributed by atoms with Crippen molar-refractivity contribution in [1.29, 1.82) is 0 Å². The number of para-hydroxylation sites is 1. The number of hydrogen-bond donors (Lipinski definition) is 2. The van der Waals surface area contributed by atoms with Crippen LogP contribution in [0, 0.1) is 0 Å². The Morgan fingerprint density at radius 2 is 2.00 bits per heavy atom. The predicted octanol–water partition coefficient (Wildman–Crippen LogP) is 2.89. The zero-order valence-corrected chi connectivity index (χ0v) is 12.8. The molecule has 0 radical (unpaired) electrons. The van der Waals surface area contributed by atoms with Crippen molar-refractivity contribution in [1.82, 2.24) is 4.90 Å². The number of nitrogens with zero attached hydrogens (tertiary/aromatic N) is 1. The molecule has 0 atom stereocenters. The van der Waals surface area contributed by atoms with Gasteiger partial charge in [0.05, 0.1) is 12.2 Å². The lowest BCUT2D eigenvalue weighted by molar-refractivity contribution is 0.0586. The van der Waals surface area contributed by atoms with Gasteiger partial charge in [-0.25, -0.2) is 0 Å². The molecule has 1 saturated carbocycles. The zero-order chi connectivity index (χ0) is 15.1. The summed E-state index contributed by atoms with van der Waals surface area (Å²) in [6.07, 6.45) is 5.71. The fraction of sp³-hybridized carbons (Fsp3) is 0.588. The Hall–Kier alpha value is -1.55. The minimum atomic E-state index is 0.0195. The van der Waals surface area contributed by atoms with Crippen LogP contribution in [-0.2, 0) is 0 Å². The molecular formula is C17H26N2O2. The van der Waals surface area contributed by atoms with E-state index in [-0.39, 0.29) is 18.6 Å². The number of rotatable bonds is 6. The van der Waals surface area contributed by atoms with Gasteiger partial charge >= 0.3 is 0 Å². The maximum Gasteiger partial charge on any atom is 0.256 e. The number of benzene rings is 1. The molecule has 1 fully saturated rings. The lowest BCUT2D eigenvalue weighted by Gasteiger charge is -2.34. The number of aliphatic hydroxyl groups excluding tert-OH is 1. The van der Waals surface area contributed by atoms with E-state index >= 15 is 0 Å². The Labute approximate surface area is 127 Å². The predicted molar refractivity (Wildman–Crippen MR) is 85.6 cm³/mol. The molecule has 0 unspecified atom stereocenters. The number of carbonyl (C=O) groups is 1. The average Bonchev–Trinajstić information content (AvgIpc) is 2.54. The Bertz CT molecular complexity index is 456. The number of anilines is 1. The van der Waals surface area contributed by atoms with Crippen LogP contribution >= 0.6 is 0 Å². The minimum Gasteiger partial charge on any atom is -0.395 e. The van der Waals surface area contributed by atoms with Crippen molar-refractivity contribution in [3.05, 3.63) is 29.8 Å². The van der Waals surface area contributed by atoms with Crippen molar-refractivity contribution >= 4 is 11.6 Å². The Morgan fingerprint density at radius 3 is 2.67 bits per heavy atom. The summed E-state index contributed by atoms with van der Waals surface area (Å²) in [5, 5.41) is 12.6. The van der Waals surface area contributed by atoms with Crippen LogP contribution in [0.5, 0.6) is 0 Å². The number of carbonyl (C=O) groups excluding carboxylic acids is 1. The Balaban J connectivity index is 2.21. The van der Waals surface area contributed by atoms with E-state index < -0.39 is 0 Å². The Kier molecular flexibility index (Phi) is 6.05. The second kappa shape index (κ2) is 8.03. The molecule has 0 aliphatic heterocycles. The van der Waals surface area contributed by atoms with Crippen LogP contribution in [0.25, 0.3) is 0 Å². The summed E-state index contributed by atoms with van der Waals surface area (Å²) >= 11 is 0. The first kappa shape index (κ1) is 15.8. The molecule has 1 aliphatic carbocycles. The van der Waals surface area contributed by atoms with Crippen molar-refractivity contribution in [2.45, 2.75) is 45.1 Å². The van der Waals surface area contributed by atoms with Crippen LogP contribution in [0.2, 0.25) is 0 Å².